The predicted molar refractivity (Wildman–Crippen MR) is 77.3 cm³/mol. The number of benzene rings is 2. The van der Waals surface area contributed by atoms with Gasteiger partial charge in [0.15, 0.2) is 0 Å². The summed E-state index contributed by atoms with van der Waals surface area (Å²) in [4.78, 5) is 10.3. The van der Waals surface area contributed by atoms with Crippen LogP contribution in [0.15, 0.2) is 34.8 Å². The van der Waals surface area contributed by atoms with Gasteiger partial charge in [-0.3, -0.25) is 10.1 Å². The minimum atomic E-state index is -0.662. The van der Waals surface area contributed by atoms with Crippen molar-refractivity contribution in [2.45, 2.75) is 0 Å². The second-order valence-corrected chi connectivity index (χ2v) is 5.34. The summed E-state index contributed by atoms with van der Waals surface area (Å²) in [6.45, 7) is 0. The summed E-state index contributed by atoms with van der Waals surface area (Å²) < 4.78 is 19.0. The fraction of sp³-hybridized carbons (Fsp3) is 0. The zero-order valence-electron chi connectivity index (χ0n) is 9.57. The van der Waals surface area contributed by atoms with Gasteiger partial charge < -0.3 is 4.74 Å². The van der Waals surface area contributed by atoms with Crippen LogP contribution >= 0.6 is 39.1 Å². The first-order valence-corrected chi connectivity index (χ1v) is 6.69. The van der Waals surface area contributed by atoms with E-state index in [4.69, 9.17) is 27.9 Å². The monoisotopic (exact) mass is 379 g/mol. The van der Waals surface area contributed by atoms with Crippen LogP contribution in [0.4, 0.5) is 10.1 Å². The van der Waals surface area contributed by atoms with E-state index in [0.29, 0.717) is 4.47 Å². The summed E-state index contributed by atoms with van der Waals surface area (Å²) >= 11 is 14.7. The normalized spacial score (nSPS) is 10.4. The van der Waals surface area contributed by atoms with Gasteiger partial charge in [0.2, 0.25) is 5.75 Å². The summed E-state index contributed by atoms with van der Waals surface area (Å²) in [5.74, 6) is -0.576. The summed E-state index contributed by atoms with van der Waals surface area (Å²) in [5, 5.41) is 11.1. The number of nitrogens with zero attached hydrogens (tertiary/aromatic N) is 1. The molecule has 2 aromatic carbocycles. The number of nitro benzene ring substituents is 1. The van der Waals surface area contributed by atoms with E-state index in [1.807, 2.05) is 0 Å². The van der Waals surface area contributed by atoms with Crippen molar-refractivity contribution in [3.8, 4) is 11.5 Å². The van der Waals surface area contributed by atoms with E-state index in [1.54, 1.807) is 0 Å². The molecule has 0 radical (unpaired) electrons. The highest BCUT2D eigenvalue weighted by Gasteiger charge is 2.20. The minimum Gasteiger partial charge on any atom is -0.449 e. The average molecular weight is 381 g/mol. The van der Waals surface area contributed by atoms with Crippen LogP contribution in [0.1, 0.15) is 0 Å². The van der Waals surface area contributed by atoms with E-state index in [0.717, 1.165) is 12.1 Å². The number of rotatable bonds is 3. The Labute approximate surface area is 131 Å². The van der Waals surface area contributed by atoms with Crippen LogP contribution in [0.3, 0.4) is 0 Å². The van der Waals surface area contributed by atoms with Crippen LogP contribution in [0, 0.1) is 15.9 Å². The maximum Gasteiger partial charge on any atom is 0.313 e. The third-order valence-corrected chi connectivity index (χ3v) is 3.69. The van der Waals surface area contributed by atoms with Gasteiger partial charge in [-0.15, -0.1) is 0 Å². The molecule has 2 aromatic rings. The molecular formula is C12H5BrCl2FNO3. The topological polar surface area (TPSA) is 52.4 Å². The van der Waals surface area contributed by atoms with Crippen LogP contribution in [-0.4, -0.2) is 4.92 Å². The van der Waals surface area contributed by atoms with Crippen LogP contribution in [0.2, 0.25) is 10.0 Å². The van der Waals surface area contributed by atoms with Gasteiger partial charge in [0.1, 0.15) is 11.6 Å². The first kappa shape index (κ1) is 15.0. The fourth-order valence-electron chi connectivity index (χ4n) is 1.42. The zero-order chi connectivity index (χ0) is 14.9. The smallest absolute Gasteiger partial charge is 0.313 e. The lowest BCUT2D eigenvalue weighted by Crippen LogP contribution is -1.95. The number of hydrogen-bond acceptors (Lipinski definition) is 3. The van der Waals surface area contributed by atoms with Crippen LogP contribution in [0.25, 0.3) is 0 Å². The van der Waals surface area contributed by atoms with Gasteiger partial charge in [0.05, 0.1) is 19.4 Å². The van der Waals surface area contributed by atoms with E-state index in [-0.39, 0.29) is 27.2 Å². The third-order valence-electron chi connectivity index (χ3n) is 2.31. The van der Waals surface area contributed by atoms with E-state index < -0.39 is 10.7 Å². The van der Waals surface area contributed by atoms with Crippen molar-refractivity contribution >= 4 is 44.8 Å². The highest BCUT2D eigenvalue weighted by atomic mass is 79.9. The molecule has 0 aliphatic rings. The van der Waals surface area contributed by atoms with Gasteiger partial charge in [-0.25, -0.2) is 4.39 Å². The average Bonchev–Trinajstić information content (AvgIpc) is 2.37. The summed E-state index contributed by atoms with van der Waals surface area (Å²) in [6, 6.07) is 6.02. The third kappa shape index (κ3) is 3.20. The highest BCUT2D eigenvalue weighted by Crippen LogP contribution is 2.39. The molecule has 0 amide bonds. The Bertz CT molecular complexity index is 697. The maximum atomic E-state index is 13.2. The van der Waals surface area contributed by atoms with Crippen LogP contribution in [0.5, 0.6) is 11.5 Å². The molecule has 8 heteroatoms. The summed E-state index contributed by atoms with van der Waals surface area (Å²) in [5.41, 5.74) is -0.365. The SMILES string of the molecule is O=[N+]([O-])c1cc(Cl)c(Cl)cc1Oc1cc(F)ccc1Br. The zero-order valence-corrected chi connectivity index (χ0v) is 12.7. The lowest BCUT2D eigenvalue weighted by Gasteiger charge is -2.09. The van der Waals surface area contributed by atoms with Crippen molar-refractivity contribution in [3.05, 3.63) is 60.8 Å². The predicted octanol–water partition coefficient (Wildman–Crippen LogP) is 5.60. The first-order chi connectivity index (χ1) is 9.38. The molecule has 0 saturated heterocycles. The molecule has 0 saturated carbocycles. The Kier molecular flexibility index (Phi) is 4.47. The molecule has 0 N–H and O–H groups in total. The van der Waals surface area contributed by atoms with Crippen molar-refractivity contribution in [1.82, 2.24) is 0 Å². The molecule has 20 heavy (non-hydrogen) atoms. The maximum absolute atomic E-state index is 13.2. The molecule has 0 spiro atoms. The van der Waals surface area contributed by atoms with Gasteiger partial charge in [0.25, 0.3) is 0 Å². The lowest BCUT2D eigenvalue weighted by molar-refractivity contribution is -0.385. The van der Waals surface area contributed by atoms with Crippen molar-refractivity contribution in [3.63, 3.8) is 0 Å². The Hall–Kier alpha value is -1.37. The Morgan fingerprint density at radius 3 is 2.45 bits per heavy atom. The molecule has 104 valence electrons. The van der Waals surface area contributed by atoms with Gasteiger partial charge in [-0.2, -0.15) is 0 Å². The molecular weight excluding hydrogens is 376 g/mol. The lowest BCUT2D eigenvalue weighted by atomic mass is 10.3. The molecule has 4 nitrogen and oxygen atoms in total. The second kappa shape index (κ2) is 5.95. The Balaban J connectivity index is 2.50. The minimum absolute atomic E-state index is 0.0315. The molecule has 0 aliphatic carbocycles. The van der Waals surface area contributed by atoms with Gasteiger partial charge in [-0.05, 0) is 28.1 Å². The van der Waals surface area contributed by atoms with Gasteiger partial charge in [-0.1, -0.05) is 23.2 Å². The molecule has 0 aromatic heterocycles. The van der Waals surface area contributed by atoms with Crippen molar-refractivity contribution in [2.75, 3.05) is 0 Å². The summed E-state index contributed by atoms with van der Waals surface area (Å²) in [6.07, 6.45) is 0. The molecule has 0 atom stereocenters. The largest absolute Gasteiger partial charge is 0.449 e. The number of halogens is 4. The molecule has 0 heterocycles. The van der Waals surface area contributed by atoms with E-state index in [1.165, 1.54) is 18.2 Å². The standard InChI is InChI=1S/C12H5BrCl2FNO3/c13-7-2-1-6(16)3-11(7)20-12-5-9(15)8(14)4-10(12)17(18)19/h1-5H. The quantitative estimate of drug-likeness (QED) is 0.514. The first-order valence-electron chi connectivity index (χ1n) is 5.15. The molecule has 0 aliphatic heterocycles. The van der Waals surface area contributed by atoms with Crippen LogP contribution in [-0.2, 0) is 0 Å². The Morgan fingerprint density at radius 2 is 1.80 bits per heavy atom. The van der Waals surface area contributed by atoms with Gasteiger partial charge in [0, 0.05) is 18.2 Å². The van der Waals surface area contributed by atoms with Crippen molar-refractivity contribution < 1.29 is 14.1 Å². The fourth-order valence-corrected chi connectivity index (χ4v) is 2.06. The van der Waals surface area contributed by atoms with Crippen molar-refractivity contribution in [2.24, 2.45) is 0 Å². The molecule has 2 rings (SSSR count). The van der Waals surface area contributed by atoms with E-state index in [2.05, 4.69) is 15.9 Å². The van der Waals surface area contributed by atoms with E-state index in [9.17, 15) is 14.5 Å². The van der Waals surface area contributed by atoms with Crippen LogP contribution < -0.4 is 4.74 Å². The molecule has 0 unspecified atom stereocenters. The number of nitro groups is 1. The Morgan fingerprint density at radius 1 is 1.15 bits per heavy atom. The van der Waals surface area contributed by atoms with Crippen molar-refractivity contribution in [1.29, 1.82) is 0 Å². The number of hydrogen-bond donors (Lipinski definition) is 0. The molecule has 0 bridgehead atoms. The molecule has 0 fully saturated rings. The van der Waals surface area contributed by atoms with Gasteiger partial charge >= 0.3 is 5.69 Å². The summed E-state index contributed by atoms with van der Waals surface area (Å²) in [7, 11) is 0. The highest BCUT2D eigenvalue weighted by molar-refractivity contribution is 9.10. The van der Waals surface area contributed by atoms with E-state index >= 15 is 0 Å². The second-order valence-electron chi connectivity index (χ2n) is 3.67. The number of ether oxygens (including phenoxy) is 1.